The van der Waals surface area contributed by atoms with Crippen LogP contribution in [-0.4, -0.2) is 54.1 Å². The smallest absolute Gasteiger partial charge is 0.245 e. The molecular weight excluding hydrogens is 349 g/mol. The number of aromatic hydroxyl groups is 1. The first kappa shape index (κ1) is 17.3. The molecule has 1 saturated carbocycles. The second kappa shape index (κ2) is 7.26. The summed E-state index contributed by atoms with van der Waals surface area (Å²) in [5, 5.41) is 18.6. The van der Waals surface area contributed by atoms with Crippen molar-refractivity contribution in [1.82, 2.24) is 29.7 Å². The third kappa shape index (κ3) is 3.44. The Morgan fingerprint density at radius 1 is 1.19 bits per heavy atom. The minimum atomic E-state index is -0.879. The van der Waals surface area contributed by atoms with Crippen LogP contribution in [0.1, 0.15) is 25.7 Å². The van der Waals surface area contributed by atoms with Crippen LogP contribution in [0, 0.1) is 0 Å². The highest BCUT2D eigenvalue weighted by atomic mass is 19.1. The predicted octanol–water partition coefficient (Wildman–Crippen LogP) is 2.54. The van der Waals surface area contributed by atoms with Crippen molar-refractivity contribution < 1.29 is 9.50 Å². The van der Waals surface area contributed by atoms with Crippen LogP contribution >= 0.6 is 0 Å². The average Bonchev–Trinajstić information content (AvgIpc) is 3.23. The fourth-order valence-electron chi connectivity index (χ4n) is 3.37. The van der Waals surface area contributed by atoms with Crippen molar-refractivity contribution in [3.63, 3.8) is 0 Å². The zero-order valence-corrected chi connectivity index (χ0v) is 14.9. The fourth-order valence-corrected chi connectivity index (χ4v) is 3.37. The van der Waals surface area contributed by atoms with Crippen LogP contribution in [0.3, 0.4) is 0 Å². The van der Waals surface area contributed by atoms with Gasteiger partial charge in [0.05, 0.1) is 17.8 Å². The van der Waals surface area contributed by atoms with Crippen LogP contribution in [-0.2, 0) is 0 Å². The Labute approximate surface area is 155 Å². The molecule has 3 aromatic heterocycles. The molecule has 0 radical (unpaired) electrons. The van der Waals surface area contributed by atoms with E-state index in [9.17, 15) is 9.50 Å². The Morgan fingerprint density at radius 2 is 2.04 bits per heavy atom. The molecule has 140 valence electrons. The summed E-state index contributed by atoms with van der Waals surface area (Å²) in [7, 11) is 1.79. The second-order valence-electron chi connectivity index (χ2n) is 6.65. The number of halogens is 1. The van der Waals surface area contributed by atoms with Crippen LogP contribution in [0.5, 0.6) is 5.75 Å². The summed E-state index contributed by atoms with van der Waals surface area (Å²) in [4.78, 5) is 14.3. The average molecular weight is 369 g/mol. The molecule has 0 aromatic carbocycles. The van der Waals surface area contributed by atoms with Crippen LogP contribution in [0.15, 0.2) is 37.2 Å². The number of imidazole rings is 1. The number of hydrogen-bond donors (Lipinski definition) is 1. The fraction of sp³-hybridized carbons (Fsp3) is 0.389. The molecule has 0 unspecified atom stereocenters. The quantitative estimate of drug-likeness (QED) is 0.755. The molecular formula is C18H20FN7O. The molecule has 0 saturated heterocycles. The van der Waals surface area contributed by atoms with E-state index in [4.69, 9.17) is 0 Å². The van der Waals surface area contributed by atoms with Gasteiger partial charge in [-0.3, -0.25) is 4.57 Å². The van der Waals surface area contributed by atoms with Crippen LogP contribution in [0.2, 0.25) is 0 Å². The number of pyridine rings is 1. The minimum Gasteiger partial charge on any atom is -0.507 e. The predicted molar refractivity (Wildman–Crippen MR) is 97.4 cm³/mol. The van der Waals surface area contributed by atoms with Gasteiger partial charge in [0.1, 0.15) is 29.8 Å². The van der Waals surface area contributed by atoms with Crippen molar-refractivity contribution >= 4 is 5.95 Å². The van der Waals surface area contributed by atoms with E-state index in [2.05, 4.69) is 25.1 Å². The maximum atomic E-state index is 14.2. The molecule has 1 fully saturated rings. The number of hydrogen-bond acceptors (Lipinski definition) is 7. The molecule has 4 rings (SSSR count). The van der Waals surface area contributed by atoms with Crippen molar-refractivity contribution in [2.75, 3.05) is 11.9 Å². The van der Waals surface area contributed by atoms with E-state index >= 15 is 0 Å². The lowest BCUT2D eigenvalue weighted by molar-refractivity contribution is 0.212. The van der Waals surface area contributed by atoms with E-state index in [0.29, 0.717) is 29.4 Å². The summed E-state index contributed by atoms with van der Waals surface area (Å²) in [6.45, 7) is 0. The number of anilines is 1. The topological polar surface area (TPSA) is 92.9 Å². The largest absolute Gasteiger partial charge is 0.507 e. The molecule has 0 amide bonds. The van der Waals surface area contributed by atoms with Gasteiger partial charge in [0.25, 0.3) is 0 Å². The normalized spacial score (nSPS) is 19.8. The Balaban J connectivity index is 1.55. The molecule has 0 aliphatic heterocycles. The van der Waals surface area contributed by atoms with Crippen molar-refractivity contribution in [1.29, 1.82) is 0 Å². The van der Waals surface area contributed by atoms with Gasteiger partial charge in [0, 0.05) is 31.7 Å². The third-order valence-electron chi connectivity index (χ3n) is 4.92. The van der Waals surface area contributed by atoms with Gasteiger partial charge in [-0.25, -0.2) is 19.3 Å². The van der Waals surface area contributed by atoms with E-state index in [0.717, 1.165) is 19.3 Å². The second-order valence-corrected chi connectivity index (χ2v) is 6.65. The van der Waals surface area contributed by atoms with Crippen LogP contribution in [0.25, 0.3) is 17.1 Å². The molecule has 2 atom stereocenters. The highest BCUT2D eigenvalue weighted by Gasteiger charge is 2.29. The molecule has 0 bridgehead atoms. The molecule has 3 aromatic rings. The Kier molecular flexibility index (Phi) is 4.66. The maximum Gasteiger partial charge on any atom is 0.245 e. The Bertz CT molecular complexity index is 901. The number of alkyl halides is 1. The molecule has 3 heterocycles. The number of nitrogens with zero attached hydrogens (tertiary/aromatic N) is 7. The van der Waals surface area contributed by atoms with E-state index in [1.807, 2.05) is 0 Å². The first-order valence-electron chi connectivity index (χ1n) is 8.88. The maximum absolute atomic E-state index is 14.2. The van der Waals surface area contributed by atoms with Gasteiger partial charge >= 0.3 is 0 Å². The summed E-state index contributed by atoms with van der Waals surface area (Å²) in [5.41, 5.74) is 0.823. The molecule has 1 aliphatic carbocycles. The van der Waals surface area contributed by atoms with Crippen LogP contribution in [0.4, 0.5) is 10.3 Å². The summed E-state index contributed by atoms with van der Waals surface area (Å²) < 4.78 is 15.9. The van der Waals surface area contributed by atoms with Gasteiger partial charge in [-0.15, -0.1) is 10.2 Å². The van der Waals surface area contributed by atoms with Crippen molar-refractivity contribution in [2.24, 2.45) is 0 Å². The van der Waals surface area contributed by atoms with Gasteiger partial charge in [0.15, 0.2) is 0 Å². The standard InChI is InChI=1S/C18H20FN7O/c1-25(15-5-3-2-4-13(15)19)18-22-10-14(23-24-18)12-9-21-17(8-16(12)27)26-7-6-20-11-26/h6-11,13,15H,2-5H2,1H3,(H,21,27)/t13-,15-/m1/s1. The van der Waals surface area contributed by atoms with Gasteiger partial charge < -0.3 is 10.0 Å². The number of aromatic nitrogens is 6. The van der Waals surface area contributed by atoms with E-state index in [-0.39, 0.29) is 11.8 Å². The molecule has 1 aliphatic rings. The summed E-state index contributed by atoms with van der Waals surface area (Å²) >= 11 is 0. The Morgan fingerprint density at radius 3 is 2.70 bits per heavy atom. The van der Waals surface area contributed by atoms with E-state index in [1.165, 1.54) is 18.5 Å². The van der Waals surface area contributed by atoms with Crippen molar-refractivity contribution in [2.45, 2.75) is 37.9 Å². The lowest BCUT2D eigenvalue weighted by Crippen LogP contribution is -2.42. The molecule has 9 heteroatoms. The van der Waals surface area contributed by atoms with Crippen molar-refractivity contribution in [3.05, 3.63) is 37.2 Å². The zero-order chi connectivity index (χ0) is 18.8. The van der Waals surface area contributed by atoms with Gasteiger partial charge in [-0.2, -0.15) is 0 Å². The Hall–Kier alpha value is -3.10. The molecule has 1 N–H and O–H groups in total. The van der Waals surface area contributed by atoms with Gasteiger partial charge in [-0.1, -0.05) is 12.8 Å². The number of rotatable bonds is 4. The summed E-state index contributed by atoms with van der Waals surface area (Å²) in [6, 6.07) is 1.30. The molecule has 8 nitrogen and oxygen atoms in total. The van der Waals surface area contributed by atoms with E-state index in [1.54, 1.807) is 35.2 Å². The van der Waals surface area contributed by atoms with Crippen LogP contribution < -0.4 is 4.90 Å². The highest BCUT2D eigenvalue weighted by molar-refractivity contribution is 5.66. The summed E-state index contributed by atoms with van der Waals surface area (Å²) in [5.74, 6) is 0.926. The van der Waals surface area contributed by atoms with E-state index < -0.39 is 6.17 Å². The van der Waals surface area contributed by atoms with Gasteiger partial charge in [0.2, 0.25) is 5.95 Å². The summed E-state index contributed by atoms with van der Waals surface area (Å²) in [6.07, 6.45) is 10.4. The highest BCUT2D eigenvalue weighted by Crippen LogP contribution is 2.29. The SMILES string of the molecule is CN(c1ncc(-c2cnc(-n3ccnc3)cc2O)nn1)[C@@H]1CCCC[C@H]1F. The molecule has 27 heavy (non-hydrogen) atoms. The first-order valence-corrected chi connectivity index (χ1v) is 8.88. The lowest BCUT2D eigenvalue weighted by atomic mass is 9.93. The monoisotopic (exact) mass is 369 g/mol. The zero-order valence-electron chi connectivity index (χ0n) is 14.9. The van der Waals surface area contributed by atoms with Gasteiger partial charge in [-0.05, 0) is 12.8 Å². The lowest BCUT2D eigenvalue weighted by Gasteiger charge is -2.33. The molecule has 0 spiro atoms. The van der Waals surface area contributed by atoms with Crippen molar-refractivity contribution in [3.8, 4) is 22.8 Å². The third-order valence-corrected chi connectivity index (χ3v) is 4.92. The first-order chi connectivity index (χ1) is 13.1. The minimum absolute atomic E-state index is 0.0157.